The Morgan fingerprint density at radius 1 is 1.26 bits per heavy atom. The first kappa shape index (κ1) is 18.8. The van der Waals surface area contributed by atoms with Crippen LogP contribution in [-0.2, 0) is 17.8 Å². The number of nitrogens with one attached hydrogen (secondary N) is 2. The first-order valence-electron chi connectivity index (χ1n) is 8.66. The molecule has 0 aliphatic carbocycles. The number of amides is 1. The lowest BCUT2D eigenvalue weighted by Gasteiger charge is -2.29. The summed E-state index contributed by atoms with van der Waals surface area (Å²) >= 11 is 0. The summed E-state index contributed by atoms with van der Waals surface area (Å²) in [5.74, 6) is -0.0334. The predicted molar refractivity (Wildman–Crippen MR) is 98.8 cm³/mol. The third-order valence-corrected chi connectivity index (χ3v) is 4.74. The minimum atomic E-state index is -0.871. The van der Waals surface area contributed by atoms with E-state index in [4.69, 9.17) is 0 Å². The molecule has 10 nitrogen and oxygen atoms in total. The molecule has 10 heteroatoms. The van der Waals surface area contributed by atoms with Crippen LogP contribution < -0.4 is 11.1 Å². The average Bonchev–Trinajstić information content (AvgIpc) is 2.61. The van der Waals surface area contributed by atoms with Gasteiger partial charge in [0.25, 0.3) is 5.69 Å². The highest BCUT2D eigenvalue weighted by Gasteiger charge is 2.29. The molecule has 0 atom stereocenters. The second-order valence-corrected chi connectivity index (χ2v) is 6.91. The summed E-state index contributed by atoms with van der Waals surface area (Å²) in [4.78, 5) is 55.3. The molecule has 0 spiro atoms. The first-order valence-corrected chi connectivity index (χ1v) is 8.66. The van der Waals surface area contributed by atoms with Crippen LogP contribution in [0.5, 0.6) is 0 Å². The zero-order valence-corrected chi connectivity index (χ0v) is 15.2. The maximum atomic E-state index is 12.5. The summed E-state index contributed by atoms with van der Waals surface area (Å²) in [6, 6.07) is 1.26. The predicted octanol–water partition coefficient (Wildman–Crippen LogP) is 0.351. The molecule has 1 amide bonds. The number of benzene rings is 1. The Morgan fingerprint density at radius 3 is 2.63 bits per heavy atom. The van der Waals surface area contributed by atoms with Crippen LogP contribution in [-0.4, -0.2) is 57.8 Å². The van der Waals surface area contributed by atoms with Gasteiger partial charge in [0.1, 0.15) is 0 Å². The van der Waals surface area contributed by atoms with E-state index in [1.54, 1.807) is 4.90 Å². The highest BCUT2D eigenvalue weighted by molar-refractivity contribution is 5.84. The lowest BCUT2D eigenvalue weighted by Crippen LogP contribution is -2.37. The van der Waals surface area contributed by atoms with Crippen LogP contribution in [0.4, 0.5) is 5.69 Å². The molecule has 2 N–H and O–H groups in total. The molecule has 27 heavy (non-hydrogen) atoms. The zero-order chi connectivity index (χ0) is 19.7. The number of nitro groups is 1. The number of H-pyrrole nitrogens is 2. The number of aromatic amines is 2. The molecule has 1 aromatic heterocycles. The Morgan fingerprint density at radius 2 is 1.96 bits per heavy atom. The van der Waals surface area contributed by atoms with Crippen molar-refractivity contribution < 1.29 is 9.72 Å². The van der Waals surface area contributed by atoms with E-state index >= 15 is 0 Å². The van der Waals surface area contributed by atoms with E-state index in [1.807, 2.05) is 19.0 Å². The van der Waals surface area contributed by atoms with Gasteiger partial charge in [-0.2, -0.15) is 0 Å². The van der Waals surface area contributed by atoms with Crippen LogP contribution >= 0.6 is 0 Å². The third-order valence-electron chi connectivity index (χ3n) is 4.74. The maximum absolute atomic E-state index is 12.5. The normalized spacial score (nSPS) is 13.8. The highest BCUT2D eigenvalue weighted by atomic mass is 16.6. The topological polar surface area (TPSA) is 132 Å². The molecule has 2 heterocycles. The van der Waals surface area contributed by atoms with Crippen LogP contribution in [0.3, 0.4) is 0 Å². The molecule has 0 unspecified atom stereocenters. The van der Waals surface area contributed by atoms with Gasteiger partial charge in [-0.05, 0) is 33.5 Å². The monoisotopic (exact) mass is 375 g/mol. The van der Waals surface area contributed by atoms with Gasteiger partial charge in [-0.1, -0.05) is 0 Å². The number of fused-ring (bicyclic) bond motifs is 3. The Hall–Kier alpha value is -3.01. The number of carbonyl (C=O) groups is 1. The van der Waals surface area contributed by atoms with Crippen LogP contribution in [0, 0.1) is 10.1 Å². The van der Waals surface area contributed by atoms with E-state index in [0.29, 0.717) is 36.0 Å². The van der Waals surface area contributed by atoms with Crippen molar-refractivity contribution in [1.29, 1.82) is 0 Å². The summed E-state index contributed by atoms with van der Waals surface area (Å²) in [6.45, 7) is 1.34. The highest BCUT2D eigenvalue weighted by Crippen LogP contribution is 2.32. The van der Waals surface area contributed by atoms with Gasteiger partial charge in [0.05, 0.1) is 16.0 Å². The van der Waals surface area contributed by atoms with Crippen molar-refractivity contribution in [3.63, 3.8) is 0 Å². The first-order chi connectivity index (χ1) is 12.8. The largest absolute Gasteiger partial charge is 0.338 e. The smallest absolute Gasteiger partial charge is 0.314 e. The van der Waals surface area contributed by atoms with Crippen LogP contribution in [0.1, 0.15) is 24.0 Å². The molecular weight excluding hydrogens is 354 g/mol. The SMILES string of the molecule is CN(C)CCCC(=O)N1CCc2c([N+](=O)[O-])cc3[nH]c(=O)c(=O)[nH]c3c2C1. The van der Waals surface area contributed by atoms with Gasteiger partial charge in [-0.3, -0.25) is 24.5 Å². The fourth-order valence-corrected chi connectivity index (χ4v) is 3.41. The number of aromatic nitrogens is 2. The number of rotatable bonds is 5. The number of hydrogen-bond acceptors (Lipinski definition) is 6. The molecule has 0 bridgehead atoms. The molecule has 0 fully saturated rings. The van der Waals surface area contributed by atoms with Crippen molar-refractivity contribution in [2.45, 2.75) is 25.8 Å². The minimum Gasteiger partial charge on any atom is -0.338 e. The second kappa shape index (κ2) is 7.31. The molecule has 1 aliphatic rings. The van der Waals surface area contributed by atoms with Crippen molar-refractivity contribution in [1.82, 2.24) is 19.8 Å². The Balaban J connectivity index is 1.99. The summed E-state index contributed by atoms with van der Waals surface area (Å²) in [7, 11) is 3.87. The van der Waals surface area contributed by atoms with Gasteiger partial charge in [-0.15, -0.1) is 0 Å². The second-order valence-electron chi connectivity index (χ2n) is 6.91. The number of nitro benzene ring substituents is 1. The molecule has 144 valence electrons. The molecular formula is C17H21N5O5. The lowest BCUT2D eigenvalue weighted by molar-refractivity contribution is -0.385. The Kier molecular flexibility index (Phi) is 5.08. The maximum Gasteiger partial charge on any atom is 0.314 e. The van der Waals surface area contributed by atoms with E-state index in [0.717, 1.165) is 13.0 Å². The van der Waals surface area contributed by atoms with Crippen molar-refractivity contribution in [2.24, 2.45) is 0 Å². The lowest BCUT2D eigenvalue weighted by atomic mass is 9.95. The van der Waals surface area contributed by atoms with Crippen molar-refractivity contribution in [3.8, 4) is 0 Å². The molecule has 3 rings (SSSR count). The molecule has 1 aromatic carbocycles. The fraction of sp³-hybridized carbons (Fsp3) is 0.471. The van der Waals surface area contributed by atoms with Gasteiger partial charge in [0, 0.05) is 36.7 Å². The van der Waals surface area contributed by atoms with Gasteiger partial charge >= 0.3 is 11.1 Å². The molecule has 0 saturated carbocycles. The van der Waals surface area contributed by atoms with E-state index in [2.05, 4.69) is 9.97 Å². The number of nitrogens with zero attached hydrogens (tertiary/aromatic N) is 3. The van der Waals surface area contributed by atoms with E-state index < -0.39 is 16.0 Å². The third kappa shape index (κ3) is 3.75. The van der Waals surface area contributed by atoms with Gasteiger partial charge in [0.2, 0.25) is 5.91 Å². The summed E-state index contributed by atoms with van der Waals surface area (Å²) < 4.78 is 0. The molecule has 1 aliphatic heterocycles. The van der Waals surface area contributed by atoms with E-state index in [-0.39, 0.29) is 23.7 Å². The summed E-state index contributed by atoms with van der Waals surface area (Å²) in [5.41, 5.74) is -0.276. The van der Waals surface area contributed by atoms with Gasteiger partial charge in [0.15, 0.2) is 0 Å². The molecule has 2 aromatic rings. The van der Waals surface area contributed by atoms with E-state index in [1.165, 1.54) is 6.07 Å². The standard InChI is InChI=1S/C17H21N5O5/c1-20(2)6-3-4-14(23)21-7-5-10-11(9-21)15-12(8-13(10)22(26)27)18-16(24)17(25)19-15/h8H,3-7,9H2,1-2H3,(H,18,24)(H,19,25). The Labute approximate surface area is 153 Å². The van der Waals surface area contributed by atoms with Crippen molar-refractivity contribution in [2.75, 3.05) is 27.2 Å². The number of hydrogen-bond donors (Lipinski definition) is 2. The Bertz CT molecular complexity index is 1020. The van der Waals surface area contributed by atoms with Gasteiger partial charge < -0.3 is 19.8 Å². The quantitative estimate of drug-likeness (QED) is 0.440. The van der Waals surface area contributed by atoms with Gasteiger partial charge in [-0.25, -0.2) is 0 Å². The van der Waals surface area contributed by atoms with Crippen LogP contribution in [0.25, 0.3) is 11.0 Å². The average molecular weight is 375 g/mol. The fourth-order valence-electron chi connectivity index (χ4n) is 3.41. The molecule has 0 radical (unpaired) electrons. The summed E-state index contributed by atoms with van der Waals surface area (Å²) in [6.07, 6.45) is 1.42. The van der Waals surface area contributed by atoms with Crippen LogP contribution in [0.15, 0.2) is 15.7 Å². The minimum absolute atomic E-state index is 0.0334. The van der Waals surface area contributed by atoms with Crippen molar-refractivity contribution in [3.05, 3.63) is 48.0 Å². The van der Waals surface area contributed by atoms with E-state index in [9.17, 15) is 24.5 Å². The van der Waals surface area contributed by atoms with Crippen molar-refractivity contribution >= 4 is 22.6 Å². The van der Waals surface area contributed by atoms with Crippen LogP contribution in [0.2, 0.25) is 0 Å². The number of carbonyl (C=O) groups excluding carboxylic acids is 1. The summed E-state index contributed by atoms with van der Waals surface area (Å²) in [5, 5.41) is 11.4. The zero-order valence-electron chi connectivity index (χ0n) is 15.2. The molecule has 0 saturated heterocycles.